The highest BCUT2D eigenvalue weighted by Gasteiger charge is 2.20. The summed E-state index contributed by atoms with van der Waals surface area (Å²) >= 11 is 11.9. The van der Waals surface area contributed by atoms with Crippen LogP contribution in [0.25, 0.3) is 0 Å². The van der Waals surface area contributed by atoms with Crippen LogP contribution in [0, 0.1) is 0 Å². The lowest BCUT2D eigenvalue weighted by Gasteiger charge is -2.27. The molecular formula is C15H22Cl2N2O. The molecule has 1 rings (SSSR count). The molecule has 20 heavy (non-hydrogen) atoms. The monoisotopic (exact) mass is 316 g/mol. The Morgan fingerprint density at radius 1 is 1.30 bits per heavy atom. The molecule has 2 N–H and O–H groups in total. The second kappa shape index (κ2) is 7.75. The molecule has 0 aliphatic heterocycles. The van der Waals surface area contributed by atoms with Gasteiger partial charge in [-0.3, -0.25) is 4.79 Å². The molecule has 0 spiro atoms. The fraction of sp³-hybridized carbons (Fsp3) is 0.533. The number of rotatable bonds is 6. The first kappa shape index (κ1) is 17.1. The number of carbonyl (C=O) groups excluding carboxylic acids is 1. The van der Waals surface area contributed by atoms with Gasteiger partial charge in [-0.25, -0.2) is 0 Å². The van der Waals surface area contributed by atoms with Crippen LogP contribution in [0.5, 0.6) is 0 Å². The van der Waals surface area contributed by atoms with Crippen molar-refractivity contribution in [1.82, 2.24) is 4.90 Å². The van der Waals surface area contributed by atoms with E-state index >= 15 is 0 Å². The topological polar surface area (TPSA) is 46.3 Å². The van der Waals surface area contributed by atoms with E-state index in [0.29, 0.717) is 21.3 Å². The lowest BCUT2D eigenvalue weighted by molar-refractivity contribution is 0.0702. The minimum atomic E-state index is -0.0543. The molecule has 0 heterocycles. The standard InChI is InChI=1S/C15H22Cl2N2O/c1-4-5-6-7-19(10(2)3)15(20)11-8-12(16)14(17)13(18)9-11/h8-10H,4-7,18H2,1-3H3. The van der Waals surface area contributed by atoms with Gasteiger partial charge >= 0.3 is 0 Å². The Morgan fingerprint density at radius 2 is 1.95 bits per heavy atom. The van der Waals surface area contributed by atoms with Crippen LogP contribution >= 0.6 is 23.2 Å². The highest BCUT2D eigenvalue weighted by molar-refractivity contribution is 6.43. The van der Waals surface area contributed by atoms with E-state index in [4.69, 9.17) is 28.9 Å². The molecular weight excluding hydrogens is 295 g/mol. The summed E-state index contributed by atoms with van der Waals surface area (Å²) < 4.78 is 0. The molecule has 0 radical (unpaired) electrons. The summed E-state index contributed by atoms with van der Waals surface area (Å²) in [5.41, 5.74) is 6.59. The van der Waals surface area contributed by atoms with E-state index in [1.807, 2.05) is 18.7 Å². The minimum absolute atomic E-state index is 0.0543. The molecule has 1 aromatic carbocycles. The van der Waals surface area contributed by atoms with Gasteiger partial charge in [0, 0.05) is 18.2 Å². The van der Waals surface area contributed by atoms with Crippen molar-refractivity contribution < 1.29 is 4.79 Å². The molecule has 1 amide bonds. The fourth-order valence-corrected chi connectivity index (χ4v) is 2.36. The average Bonchev–Trinajstić information content (AvgIpc) is 2.39. The number of benzene rings is 1. The maximum atomic E-state index is 12.6. The highest BCUT2D eigenvalue weighted by Crippen LogP contribution is 2.30. The van der Waals surface area contributed by atoms with Gasteiger partial charge in [-0.05, 0) is 32.4 Å². The maximum absolute atomic E-state index is 12.6. The lowest BCUT2D eigenvalue weighted by atomic mass is 10.1. The molecule has 3 nitrogen and oxygen atoms in total. The van der Waals surface area contributed by atoms with Crippen LogP contribution in [-0.2, 0) is 0 Å². The van der Waals surface area contributed by atoms with Crippen LogP contribution in [0.1, 0.15) is 50.4 Å². The van der Waals surface area contributed by atoms with Gasteiger partial charge in [0.25, 0.3) is 5.91 Å². The number of hydrogen-bond acceptors (Lipinski definition) is 2. The van der Waals surface area contributed by atoms with E-state index in [0.717, 1.165) is 25.8 Å². The molecule has 0 aliphatic carbocycles. The summed E-state index contributed by atoms with van der Waals surface area (Å²) in [4.78, 5) is 14.4. The summed E-state index contributed by atoms with van der Waals surface area (Å²) in [6, 6.07) is 3.30. The van der Waals surface area contributed by atoms with E-state index in [1.165, 1.54) is 0 Å². The summed E-state index contributed by atoms with van der Waals surface area (Å²) in [6.07, 6.45) is 3.23. The van der Waals surface area contributed by atoms with Gasteiger partial charge in [-0.2, -0.15) is 0 Å². The first-order valence-electron chi connectivity index (χ1n) is 6.94. The number of nitrogen functional groups attached to an aromatic ring is 1. The molecule has 1 aromatic rings. The fourth-order valence-electron chi connectivity index (χ4n) is 2.03. The number of nitrogens with zero attached hydrogens (tertiary/aromatic N) is 1. The zero-order chi connectivity index (χ0) is 15.3. The zero-order valence-corrected chi connectivity index (χ0v) is 13.8. The van der Waals surface area contributed by atoms with Gasteiger partial charge < -0.3 is 10.6 Å². The number of hydrogen-bond donors (Lipinski definition) is 1. The van der Waals surface area contributed by atoms with Crippen LogP contribution in [0.4, 0.5) is 5.69 Å². The van der Waals surface area contributed by atoms with Crippen molar-refractivity contribution in [3.8, 4) is 0 Å². The Labute approximate surface area is 131 Å². The number of nitrogens with two attached hydrogens (primary N) is 1. The largest absolute Gasteiger partial charge is 0.397 e. The number of carbonyl (C=O) groups is 1. The van der Waals surface area contributed by atoms with Crippen molar-refractivity contribution in [1.29, 1.82) is 0 Å². The van der Waals surface area contributed by atoms with Crippen LogP contribution in [0.3, 0.4) is 0 Å². The molecule has 112 valence electrons. The van der Waals surface area contributed by atoms with E-state index < -0.39 is 0 Å². The third-order valence-electron chi connectivity index (χ3n) is 3.19. The number of anilines is 1. The van der Waals surface area contributed by atoms with Crippen molar-refractivity contribution in [3.63, 3.8) is 0 Å². The highest BCUT2D eigenvalue weighted by atomic mass is 35.5. The predicted molar refractivity (Wildman–Crippen MR) is 86.6 cm³/mol. The Kier molecular flexibility index (Phi) is 6.63. The first-order valence-corrected chi connectivity index (χ1v) is 7.69. The van der Waals surface area contributed by atoms with Gasteiger partial charge in [0.1, 0.15) is 0 Å². The molecule has 0 atom stereocenters. The smallest absolute Gasteiger partial charge is 0.254 e. The molecule has 0 bridgehead atoms. The Balaban J connectivity index is 2.94. The third-order valence-corrected chi connectivity index (χ3v) is 4.01. The molecule has 0 saturated carbocycles. The van der Waals surface area contributed by atoms with Gasteiger partial charge in [0.15, 0.2) is 0 Å². The SMILES string of the molecule is CCCCCN(C(=O)c1cc(N)c(Cl)c(Cl)c1)C(C)C. The van der Waals surface area contributed by atoms with E-state index in [1.54, 1.807) is 12.1 Å². The number of halogens is 2. The van der Waals surface area contributed by atoms with Gasteiger partial charge in [0.05, 0.1) is 15.7 Å². The van der Waals surface area contributed by atoms with Gasteiger partial charge in [-0.15, -0.1) is 0 Å². The van der Waals surface area contributed by atoms with Crippen molar-refractivity contribution in [3.05, 3.63) is 27.7 Å². The quantitative estimate of drug-likeness (QED) is 0.615. The third kappa shape index (κ3) is 4.29. The Morgan fingerprint density at radius 3 is 2.45 bits per heavy atom. The number of amides is 1. The van der Waals surface area contributed by atoms with Crippen molar-refractivity contribution >= 4 is 34.8 Å². The van der Waals surface area contributed by atoms with Gasteiger partial charge in [-0.1, -0.05) is 43.0 Å². The van der Waals surface area contributed by atoms with E-state index in [-0.39, 0.29) is 11.9 Å². The van der Waals surface area contributed by atoms with Crippen LogP contribution in [0.2, 0.25) is 10.0 Å². The second-order valence-corrected chi connectivity index (χ2v) is 5.95. The summed E-state index contributed by atoms with van der Waals surface area (Å²) in [7, 11) is 0. The molecule has 0 aromatic heterocycles. The summed E-state index contributed by atoms with van der Waals surface area (Å²) in [5, 5.41) is 0.609. The number of unbranched alkanes of at least 4 members (excludes halogenated alkanes) is 2. The minimum Gasteiger partial charge on any atom is -0.397 e. The molecule has 5 heteroatoms. The van der Waals surface area contributed by atoms with Gasteiger partial charge in [0.2, 0.25) is 0 Å². The van der Waals surface area contributed by atoms with Crippen molar-refractivity contribution in [2.45, 2.75) is 46.1 Å². The Hall–Kier alpha value is -0.930. The molecule has 0 unspecified atom stereocenters. The van der Waals surface area contributed by atoms with Crippen molar-refractivity contribution in [2.75, 3.05) is 12.3 Å². The predicted octanol–water partition coefficient (Wildman–Crippen LogP) is 4.62. The average molecular weight is 317 g/mol. The van der Waals surface area contributed by atoms with Crippen LogP contribution in [-0.4, -0.2) is 23.4 Å². The zero-order valence-electron chi connectivity index (χ0n) is 12.2. The molecule has 0 aliphatic rings. The van der Waals surface area contributed by atoms with Crippen LogP contribution < -0.4 is 5.73 Å². The summed E-state index contributed by atoms with van der Waals surface area (Å²) in [6.45, 7) is 6.89. The first-order chi connectivity index (χ1) is 9.38. The molecule has 0 saturated heterocycles. The second-order valence-electron chi connectivity index (χ2n) is 5.16. The van der Waals surface area contributed by atoms with Crippen LogP contribution in [0.15, 0.2) is 12.1 Å². The van der Waals surface area contributed by atoms with E-state index in [9.17, 15) is 4.79 Å². The van der Waals surface area contributed by atoms with E-state index in [2.05, 4.69) is 6.92 Å². The maximum Gasteiger partial charge on any atom is 0.254 e. The van der Waals surface area contributed by atoms with Crippen molar-refractivity contribution in [2.24, 2.45) is 0 Å². The lowest BCUT2D eigenvalue weighted by Crippen LogP contribution is -2.37. The Bertz CT molecular complexity index is 452. The summed E-state index contributed by atoms with van der Waals surface area (Å²) in [5.74, 6) is -0.0543. The normalized spacial score (nSPS) is 10.9. The molecule has 0 fully saturated rings.